The van der Waals surface area contributed by atoms with Gasteiger partial charge in [0, 0.05) is 67.7 Å². The maximum atomic E-state index is 13.1. The van der Waals surface area contributed by atoms with Gasteiger partial charge in [-0.3, -0.25) is 19.4 Å². The Balaban J connectivity index is 1.35. The quantitative estimate of drug-likeness (QED) is 0.556. The van der Waals surface area contributed by atoms with Crippen molar-refractivity contribution in [2.24, 2.45) is 11.7 Å². The molecule has 1 saturated heterocycles. The Morgan fingerprint density at radius 2 is 1.59 bits per heavy atom. The minimum atomic E-state index is -0.261. The fraction of sp³-hybridized carbons (Fsp3) is 0.500. The summed E-state index contributed by atoms with van der Waals surface area (Å²) in [7, 11) is 0. The van der Waals surface area contributed by atoms with Gasteiger partial charge in [0.2, 0.25) is 5.91 Å². The highest BCUT2D eigenvalue weighted by atomic mass is 16.2. The lowest BCUT2D eigenvalue weighted by atomic mass is 9.91. The molecule has 0 spiro atoms. The average molecular weight is 505 g/mol. The first-order chi connectivity index (χ1) is 18.0. The number of nitrogens with zero attached hydrogens (tertiary/aromatic N) is 3. The zero-order valence-corrected chi connectivity index (χ0v) is 21.2. The molecule has 9 heteroatoms. The largest absolute Gasteiger partial charge is 0.368 e. The number of hydrogen-bond donors (Lipinski definition) is 3. The molecule has 2 saturated carbocycles. The van der Waals surface area contributed by atoms with E-state index in [9.17, 15) is 14.4 Å². The molecule has 9 nitrogen and oxygen atoms in total. The second-order valence-corrected chi connectivity index (χ2v) is 10.4. The van der Waals surface area contributed by atoms with E-state index in [-0.39, 0.29) is 35.7 Å². The number of aromatic nitrogens is 1. The summed E-state index contributed by atoms with van der Waals surface area (Å²) >= 11 is 0. The van der Waals surface area contributed by atoms with Crippen molar-refractivity contribution in [1.82, 2.24) is 15.2 Å². The Kier molecular flexibility index (Phi) is 7.69. The number of anilines is 2. The molecule has 5 rings (SSSR count). The Bertz CT molecular complexity index is 1130. The van der Waals surface area contributed by atoms with Gasteiger partial charge in [0.25, 0.3) is 11.8 Å². The SMILES string of the molecule is NC1CCC(NC(=O)c2ccc(N3CCCN(C(=O)C4CC4)CC3)c(NC(=O)c3ccncc3)c2)CC1. The van der Waals surface area contributed by atoms with Gasteiger partial charge in [0.05, 0.1) is 11.4 Å². The Hall–Kier alpha value is -3.46. The topological polar surface area (TPSA) is 121 Å². The van der Waals surface area contributed by atoms with Crippen LogP contribution in [0.25, 0.3) is 0 Å². The second-order valence-electron chi connectivity index (χ2n) is 10.4. The first kappa shape index (κ1) is 25.2. The van der Waals surface area contributed by atoms with Gasteiger partial charge in [-0.2, -0.15) is 0 Å². The van der Waals surface area contributed by atoms with Crippen LogP contribution in [-0.4, -0.2) is 65.9 Å². The molecule has 0 radical (unpaired) electrons. The van der Waals surface area contributed by atoms with E-state index in [0.29, 0.717) is 29.9 Å². The number of amides is 3. The molecule has 1 aromatic carbocycles. The summed E-state index contributed by atoms with van der Waals surface area (Å²) in [5.74, 6) is 0.0644. The van der Waals surface area contributed by atoms with Crippen LogP contribution < -0.4 is 21.3 Å². The summed E-state index contributed by atoms with van der Waals surface area (Å²) in [5.41, 5.74) is 8.44. The highest BCUT2D eigenvalue weighted by Crippen LogP contribution is 2.33. The third kappa shape index (κ3) is 6.28. The molecule has 37 heavy (non-hydrogen) atoms. The van der Waals surface area contributed by atoms with Crippen molar-refractivity contribution < 1.29 is 14.4 Å². The predicted octanol–water partition coefficient (Wildman–Crippen LogP) is 2.78. The van der Waals surface area contributed by atoms with Gasteiger partial charge in [-0.25, -0.2) is 0 Å². The lowest BCUT2D eigenvalue weighted by Crippen LogP contribution is -2.40. The molecular weight excluding hydrogens is 468 g/mol. The normalized spacial score (nSPS) is 22.2. The highest BCUT2D eigenvalue weighted by Gasteiger charge is 2.34. The number of pyridine rings is 1. The maximum Gasteiger partial charge on any atom is 0.255 e. The van der Waals surface area contributed by atoms with Crippen molar-refractivity contribution in [3.63, 3.8) is 0 Å². The van der Waals surface area contributed by atoms with Crippen molar-refractivity contribution in [1.29, 1.82) is 0 Å². The Morgan fingerprint density at radius 3 is 2.32 bits per heavy atom. The van der Waals surface area contributed by atoms with Gasteiger partial charge in [0.1, 0.15) is 0 Å². The van der Waals surface area contributed by atoms with Gasteiger partial charge < -0.3 is 26.2 Å². The molecule has 2 aromatic rings. The molecule has 1 aliphatic heterocycles. The molecule has 0 unspecified atom stereocenters. The number of nitrogens with two attached hydrogens (primary N) is 1. The first-order valence-electron chi connectivity index (χ1n) is 13.4. The van der Waals surface area contributed by atoms with Crippen LogP contribution in [-0.2, 0) is 4.79 Å². The summed E-state index contributed by atoms with van der Waals surface area (Å²) in [4.78, 5) is 46.9. The van der Waals surface area contributed by atoms with E-state index in [1.54, 1.807) is 30.6 Å². The first-order valence-corrected chi connectivity index (χ1v) is 13.4. The van der Waals surface area contributed by atoms with Gasteiger partial charge in [-0.15, -0.1) is 0 Å². The smallest absolute Gasteiger partial charge is 0.255 e. The van der Waals surface area contributed by atoms with Crippen LogP contribution >= 0.6 is 0 Å². The molecule has 0 atom stereocenters. The van der Waals surface area contributed by atoms with E-state index >= 15 is 0 Å². The second kappa shape index (κ2) is 11.3. The number of rotatable bonds is 6. The van der Waals surface area contributed by atoms with E-state index in [1.165, 1.54) is 0 Å². The number of hydrogen-bond acceptors (Lipinski definition) is 6. The maximum absolute atomic E-state index is 13.1. The molecular formula is C28H36N6O3. The summed E-state index contributed by atoms with van der Waals surface area (Å²) < 4.78 is 0. The fourth-order valence-corrected chi connectivity index (χ4v) is 5.25. The molecule has 0 bridgehead atoms. The summed E-state index contributed by atoms with van der Waals surface area (Å²) in [6.07, 6.45) is 9.58. The number of benzene rings is 1. The number of carbonyl (C=O) groups is 3. The molecule has 2 aliphatic carbocycles. The minimum absolute atomic E-state index is 0.113. The van der Waals surface area contributed by atoms with Gasteiger partial charge in [-0.1, -0.05) is 0 Å². The molecule has 2 heterocycles. The molecule has 196 valence electrons. The zero-order chi connectivity index (χ0) is 25.8. The third-order valence-electron chi connectivity index (χ3n) is 7.63. The van der Waals surface area contributed by atoms with Gasteiger partial charge in [0.15, 0.2) is 0 Å². The summed E-state index contributed by atoms with van der Waals surface area (Å²) in [6.45, 7) is 2.83. The lowest BCUT2D eigenvalue weighted by Gasteiger charge is -2.28. The third-order valence-corrected chi connectivity index (χ3v) is 7.63. The number of nitrogens with one attached hydrogen (secondary N) is 2. The van der Waals surface area contributed by atoms with E-state index < -0.39 is 0 Å². The summed E-state index contributed by atoms with van der Waals surface area (Å²) in [5, 5.41) is 6.16. The van der Waals surface area contributed by atoms with E-state index in [4.69, 9.17) is 5.73 Å². The van der Waals surface area contributed by atoms with Gasteiger partial charge >= 0.3 is 0 Å². The Morgan fingerprint density at radius 1 is 0.838 bits per heavy atom. The molecule has 4 N–H and O–H groups in total. The van der Waals surface area contributed by atoms with Crippen LogP contribution in [0.4, 0.5) is 11.4 Å². The monoisotopic (exact) mass is 504 g/mol. The van der Waals surface area contributed by atoms with Gasteiger partial charge in [-0.05, 0) is 75.3 Å². The molecule has 3 amide bonds. The minimum Gasteiger partial charge on any atom is -0.368 e. The lowest BCUT2D eigenvalue weighted by molar-refractivity contribution is -0.132. The zero-order valence-electron chi connectivity index (χ0n) is 21.2. The van der Waals surface area contributed by atoms with E-state index in [1.807, 2.05) is 17.0 Å². The van der Waals surface area contributed by atoms with Crippen LogP contribution in [0.1, 0.15) is 65.7 Å². The molecule has 3 fully saturated rings. The summed E-state index contributed by atoms with van der Waals surface area (Å²) in [6, 6.07) is 9.13. The van der Waals surface area contributed by atoms with Crippen LogP contribution in [0.3, 0.4) is 0 Å². The van der Waals surface area contributed by atoms with Crippen molar-refractivity contribution >= 4 is 29.1 Å². The molecule has 3 aliphatic rings. The van der Waals surface area contributed by atoms with E-state index in [0.717, 1.165) is 63.7 Å². The van der Waals surface area contributed by atoms with Crippen LogP contribution in [0.15, 0.2) is 42.7 Å². The van der Waals surface area contributed by atoms with Crippen molar-refractivity contribution in [3.05, 3.63) is 53.9 Å². The standard InChI is InChI=1S/C28H36N6O3/c29-22-5-7-23(8-6-22)31-27(36)21-4-9-25(24(18-21)32-26(35)19-10-12-30-13-11-19)33-14-1-15-34(17-16-33)28(37)20-2-3-20/h4,9-13,18,20,22-23H,1-3,5-8,14-17,29H2,(H,31,36)(H,32,35). The van der Waals surface area contributed by atoms with E-state index in [2.05, 4.69) is 20.5 Å². The molecule has 1 aromatic heterocycles. The van der Waals surface area contributed by atoms with Crippen LogP contribution in [0.2, 0.25) is 0 Å². The number of carbonyl (C=O) groups excluding carboxylic acids is 3. The Labute approximate surface area is 217 Å². The highest BCUT2D eigenvalue weighted by molar-refractivity contribution is 6.07. The van der Waals surface area contributed by atoms with Crippen LogP contribution in [0, 0.1) is 5.92 Å². The van der Waals surface area contributed by atoms with Crippen molar-refractivity contribution in [2.45, 2.75) is 57.0 Å². The average Bonchev–Trinajstić information content (AvgIpc) is 3.78. The van der Waals surface area contributed by atoms with Crippen molar-refractivity contribution in [3.8, 4) is 0 Å². The van der Waals surface area contributed by atoms with Crippen LogP contribution in [0.5, 0.6) is 0 Å². The fourth-order valence-electron chi connectivity index (χ4n) is 5.25. The predicted molar refractivity (Wildman–Crippen MR) is 142 cm³/mol. The van der Waals surface area contributed by atoms with Crippen molar-refractivity contribution in [2.75, 3.05) is 36.4 Å².